The van der Waals surface area contributed by atoms with E-state index in [-0.39, 0.29) is 5.91 Å². The topological polar surface area (TPSA) is 51.2 Å². The average Bonchev–Trinajstić information content (AvgIpc) is 2.79. The number of carbonyl (C=O) groups excluding carboxylic acids is 1. The molecule has 1 aromatic carbocycles. The van der Waals surface area contributed by atoms with Gasteiger partial charge in [-0.15, -0.1) is 11.3 Å². The first-order valence-corrected chi connectivity index (χ1v) is 7.44. The highest BCUT2D eigenvalue weighted by Crippen LogP contribution is 2.34. The summed E-state index contributed by atoms with van der Waals surface area (Å²) in [4.78, 5) is 17.2. The molecule has 0 unspecified atom stereocenters. The normalized spacial score (nSPS) is 10.4. The number of benzene rings is 1. The molecule has 0 bridgehead atoms. The first-order valence-electron chi connectivity index (χ1n) is 5.87. The second-order valence-corrected chi connectivity index (χ2v) is 5.98. The van der Waals surface area contributed by atoms with Crippen molar-refractivity contribution in [2.75, 3.05) is 11.9 Å². The van der Waals surface area contributed by atoms with Crippen molar-refractivity contribution >= 4 is 45.6 Å². The first-order chi connectivity index (χ1) is 9.51. The van der Waals surface area contributed by atoms with Crippen LogP contribution in [0.25, 0.3) is 0 Å². The number of aryl methyl sites for hydroxylation is 1. The van der Waals surface area contributed by atoms with Gasteiger partial charge in [0.05, 0.1) is 16.7 Å². The molecule has 0 aliphatic heterocycles. The summed E-state index contributed by atoms with van der Waals surface area (Å²) in [5, 5.41) is 3.84. The summed E-state index contributed by atoms with van der Waals surface area (Å²) in [7, 11) is 0. The molecule has 7 heteroatoms. The highest BCUT2D eigenvalue weighted by Gasteiger charge is 2.15. The van der Waals surface area contributed by atoms with Crippen LogP contribution in [-0.4, -0.2) is 17.5 Å². The molecular weight excluding hydrogens is 319 g/mol. The molecule has 0 fully saturated rings. The molecule has 106 valence electrons. The van der Waals surface area contributed by atoms with Gasteiger partial charge in [0.15, 0.2) is 10.9 Å². The monoisotopic (exact) mass is 330 g/mol. The summed E-state index contributed by atoms with van der Waals surface area (Å²) in [6.45, 7) is 4.19. The number of aromatic nitrogens is 1. The number of thiazole rings is 1. The van der Waals surface area contributed by atoms with Crippen LogP contribution in [0.3, 0.4) is 0 Å². The van der Waals surface area contributed by atoms with Gasteiger partial charge in [0.25, 0.3) is 5.91 Å². The summed E-state index contributed by atoms with van der Waals surface area (Å²) in [6.07, 6.45) is 1.69. The van der Waals surface area contributed by atoms with Gasteiger partial charge in [-0.1, -0.05) is 23.2 Å². The van der Waals surface area contributed by atoms with Gasteiger partial charge >= 0.3 is 0 Å². The number of rotatable bonds is 4. The van der Waals surface area contributed by atoms with Crippen molar-refractivity contribution in [1.29, 1.82) is 0 Å². The molecular formula is C13H12Cl2N2O2S. The zero-order valence-electron chi connectivity index (χ0n) is 10.9. The van der Waals surface area contributed by atoms with Gasteiger partial charge in [-0.05, 0) is 26.0 Å². The van der Waals surface area contributed by atoms with Crippen molar-refractivity contribution in [3.63, 3.8) is 0 Å². The molecule has 0 radical (unpaired) electrons. The van der Waals surface area contributed by atoms with E-state index in [9.17, 15) is 4.79 Å². The van der Waals surface area contributed by atoms with Gasteiger partial charge in [0, 0.05) is 16.6 Å². The van der Waals surface area contributed by atoms with Gasteiger partial charge < -0.3 is 4.74 Å². The first kappa shape index (κ1) is 15.1. The predicted octanol–water partition coefficient (Wildman–Crippen LogP) is 4.41. The molecule has 1 N–H and O–H groups in total. The molecule has 0 saturated heterocycles. The SMILES string of the molecule is CCOc1c(Cl)cc(C(=O)Nc2ncc(C)s2)cc1Cl. The van der Waals surface area contributed by atoms with Crippen LogP contribution in [-0.2, 0) is 0 Å². The van der Waals surface area contributed by atoms with E-state index < -0.39 is 0 Å². The summed E-state index contributed by atoms with van der Waals surface area (Å²) >= 11 is 13.5. The molecule has 1 heterocycles. The van der Waals surface area contributed by atoms with Gasteiger partial charge in [-0.25, -0.2) is 4.98 Å². The third kappa shape index (κ3) is 3.42. The van der Waals surface area contributed by atoms with Crippen LogP contribution in [0.2, 0.25) is 10.0 Å². The Balaban J connectivity index is 2.22. The Morgan fingerprint density at radius 2 is 2.05 bits per heavy atom. The number of hydrogen-bond acceptors (Lipinski definition) is 4. The van der Waals surface area contributed by atoms with E-state index in [1.54, 1.807) is 6.20 Å². The lowest BCUT2D eigenvalue weighted by Crippen LogP contribution is -2.12. The van der Waals surface area contributed by atoms with Crippen LogP contribution in [0.5, 0.6) is 5.75 Å². The van der Waals surface area contributed by atoms with E-state index >= 15 is 0 Å². The standard InChI is InChI=1S/C13H12Cl2N2O2S/c1-3-19-11-9(14)4-8(5-10(11)15)12(18)17-13-16-6-7(2)20-13/h4-6H,3H2,1-2H3,(H,16,17,18). The summed E-state index contributed by atoms with van der Waals surface area (Å²) in [5.74, 6) is 0.0728. The largest absolute Gasteiger partial charge is 0.491 e. The number of nitrogens with zero attached hydrogens (tertiary/aromatic N) is 1. The quantitative estimate of drug-likeness (QED) is 0.903. The van der Waals surface area contributed by atoms with Crippen LogP contribution >= 0.6 is 34.5 Å². The maximum Gasteiger partial charge on any atom is 0.257 e. The Labute approximate surface area is 130 Å². The Morgan fingerprint density at radius 1 is 1.40 bits per heavy atom. The number of ether oxygens (including phenoxy) is 1. The molecule has 2 rings (SSSR count). The van der Waals surface area contributed by atoms with Crippen molar-refractivity contribution < 1.29 is 9.53 Å². The van der Waals surface area contributed by atoms with Crippen LogP contribution in [0.15, 0.2) is 18.3 Å². The van der Waals surface area contributed by atoms with Crippen molar-refractivity contribution in [3.8, 4) is 5.75 Å². The lowest BCUT2D eigenvalue weighted by atomic mass is 10.2. The van der Waals surface area contributed by atoms with E-state index in [1.807, 2.05) is 13.8 Å². The van der Waals surface area contributed by atoms with E-state index in [0.717, 1.165) is 4.88 Å². The zero-order valence-corrected chi connectivity index (χ0v) is 13.2. The molecule has 4 nitrogen and oxygen atoms in total. The van der Waals surface area contributed by atoms with Crippen LogP contribution < -0.4 is 10.1 Å². The van der Waals surface area contributed by atoms with E-state index in [1.165, 1.54) is 23.5 Å². The lowest BCUT2D eigenvalue weighted by Gasteiger charge is -2.10. The molecule has 1 amide bonds. The fourth-order valence-electron chi connectivity index (χ4n) is 1.56. The summed E-state index contributed by atoms with van der Waals surface area (Å²) in [6, 6.07) is 3.04. The number of hydrogen-bond donors (Lipinski definition) is 1. The minimum Gasteiger partial charge on any atom is -0.491 e. The maximum atomic E-state index is 12.1. The smallest absolute Gasteiger partial charge is 0.257 e. The fraction of sp³-hybridized carbons (Fsp3) is 0.231. The number of carbonyl (C=O) groups is 1. The summed E-state index contributed by atoms with van der Waals surface area (Å²) < 4.78 is 5.32. The molecule has 0 aliphatic rings. The molecule has 2 aromatic rings. The van der Waals surface area contributed by atoms with Gasteiger partial charge in [0.1, 0.15) is 0 Å². The van der Waals surface area contributed by atoms with Crippen LogP contribution in [0.4, 0.5) is 5.13 Å². The molecule has 20 heavy (non-hydrogen) atoms. The Kier molecular flexibility index (Phi) is 4.86. The second kappa shape index (κ2) is 6.43. The van der Waals surface area contributed by atoms with E-state index in [2.05, 4.69) is 10.3 Å². The third-order valence-corrected chi connectivity index (χ3v) is 3.78. The van der Waals surface area contributed by atoms with Gasteiger partial charge in [-0.2, -0.15) is 0 Å². The minimum atomic E-state index is -0.314. The van der Waals surface area contributed by atoms with Crippen molar-refractivity contribution in [2.45, 2.75) is 13.8 Å². The highest BCUT2D eigenvalue weighted by atomic mass is 35.5. The Morgan fingerprint density at radius 3 is 2.55 bits per heavy atom. The van der Waals surface area contributed by atoms with Crippen LogP contribution in [0.1, 0.15) is 22.2 Å². The van der Waals surface area contributed by atoms with Crippen molar-refractivity contribution in [2.24, 2.45) is 0 Å². The van der Waals surface area contributed by atoms with Crippen molar-refractivity contribution in [1.82, 2.24) is 4.98 Å². The van der Waals surface area contributed by atoms with E-state index in [4.69, 9.17) is 27.9 Å². The fourth-order valence-corrected chi connectivity index (χ4v) is 2.81. The number of nitrogens with one attached hydrogen (secondary N) is 1. The highest BCUT2D eigenvalue weighted by molar-refractivity contribution is 7.15. The van der Waals surface area contributed by atoms with Crippen molar-refractivity contribution in [3.05, 3.63) is 38.8 Å². The van der Waals surface area contributed by atoms with Crippen LogP contribution in [0, 0.1) is 6.92 Å². The Hall–Kier alpha value is -1.30. The zero-order chi connectivity index (χ0) is 14.7. The number of halogens is 2. The molecule has 0 aliphatic carbocycles. The number of amides is 1. The predicted molar refractivity (Wildman–Crippen MR) is 82.4 cm³/mol. The second-order valence-electron chi connectivity index (χ2n) is 3.93. The summed E-state index contributed by atoms with van der Waals surface area (Å²) in [5.41, 5.74) is 0.358. The minimum absolute atomic E-state index is 0.305. The Bertz CT molecular complexity index is 620. The molecule has 0 atom stereocenters. The van der Waals surface area contributed by atoms with Gasteiger partial charge in [-0.3, -0.25) is 10.1 Å². The molecule has 0 spiro atoms. The molecule has 0 saturated carbocycles. The average molecular weight is 331 g/mol. The number of anilines is 1. The van der Waals surface area contributed by atoms with Gasteiger partial charge in [0.2, 0.25) is 0 Å². The lowest BCUT2D eigenvalue weighted by molar-refractivity contribution is 0.102. The molecule has 1 aromatic heterocycles. The third-order valence-electron chi connectivity index (χ3n) is 2.39. The van der Waals surface area contributed by atoms with E-state index in [0.29, 0.717) is 33.1 Å². The maximum absolute atomic E-state index is 12.1.